The molecular weight excluding hydrogens is 374 g/mol. The topological polar surface area (TPSA) is 63.2 Å². The van der Waals surface area contributed by atoms with E-state index < -0.39 is 6.09 Å². The molecule has 0 bridgehead atoms. The van der Waals surface area contributed by atoms with Crippen LogP contribution in [-0.4, -0.2) is 41.8 Å². The molecule has 0 saturated carbocycles. The summed E-state index contributed by atoms with van der Waals surface area (Å²) in [5, 5.41) is 8.77. The summed E-state index contributed by atoms with van der Waals surface area (Å²) >= 11 is 1.66. The fraction of sp³-hybridized carbons (Fsp3) is 0.333. The molecule has 0 atom stereocenters. The number of piperidine rings is 1. The van der Waals surface area contributed by atoms with E-state index in [1.165, 1.54) is 0 Å². The zero-order valence-corrected chi connectivity index (χ0v) is 16.6. The van der Waals surface area contributed by atoms with Crippen molar-refractivity contribution in [2.24, 2.45) is 5.16 Å². The predicted octanol–water partition coefficient (Wildman–Crippen LogP) is 4.53. The summed E-state index contributed by atoms with van der Waals surface area (Å²) in [5.41, 5.74) is 2.53. The molecule has 28 heavy (non-hydrogen) atoms. The molecule has 2 aliphatic rings. The molecule has 7 heteroatoms. The minimum atomic E-state index is -0.471. The Hall–Kier alpha value is -2.51. The van der Waals surface area contributed by atoms with E-state index >= 15 is 0 Å². The van der Waals surface area contributed by atoms with Crippen LogP contribution >= 0.6 is 11.8 Å². The second kappa shape index (κ2) is 8.24. The molecule has 0 aliphatic carbocycles. The van der Waals surface area contributed by atoms with E-state index in [-0.39, 0.29) is 5.60 Å². The third kappa shape index (κ3) is 4.31. The predicted molar refractivity (Wildman–Crippen MR) is 111 cm³/mol. The number of thioether (sulfide) groups is 1. The molecular formula is C21H23N3O3S. The Morgan fingerprint density at radius 3 is 2.54 bits per heavy atom. The number of carbonyl (C=O) groups excluding carboxylic acids is 1. The van der Waals surface area contributed by atoms with Crippen molar-refractivity contribution >= 4 is 29.3 Å². The second-order valence-corrected chi connectivity index (χ2v) is 7.90. The number of benzene rings is 2. The van der Waals surface area contributed by atoms with Crippen LogP contribution in [0.15, 0.2) is 64.6 Å². The first-order valence-electron chi connectivity index (χ1n) is 9.34. The lowest BCUT2D eigenvalue weighted by Crippen LogP contribution is -2.45. The van der Waals surface area contributed by atoms with Crippen LogP contribution in [0, 0.1) is 0 Å². The maximum Gasteiger partial charge on any atom is 0.430 e. The summed E-state index contributed by atoms with van der Waals surface area (Å²) in [6.45, 7) is 1.24. The number of amides is 1. The van der Waals surface area contributed by atoms with Crippen molar-refractivity contribution in [1.29, 1.82) is 0 Å². The SMILES string of the molecule is CSc1ccc(NC(=O)ON2CCC3(CC2)CC(c2ccccc2)=NO3)cc1. The van der Waals surface area contributed by atoms with E-state index in [0.717, 1.165) is 41.1 Å². The van der Waals surface area contributed by atoms with Crippen LogP contribution in [0.1, 0.15) is 24.8 Å². The average Bonchev–Trinajstić information content (AvgIpc) is 3.15. The maximum absolute atomic E-state index is 12.2. The highest BCUT2D eigenvalue weighted by Crippen LogP contribution is 2.36. The minimum absolute atomic E-state index is 0.283. The Kier molecular flexibility index (Phi) is 5.54. The van der Waals surface area contributed by atoms with Gasteiger partial charge in [-0.15, -0.1) is 16.8 Å². The van der Waals surface area contributed by atoms with E-state index in [9.17, 15) is 4.79 Å². The van der Waals surface area contributed by atoms with Crippen molar-refractivity contribution in [1.82, 2.24) is 5.06 Å². The van der Waals surface area contributed by atoms with Crippen molar-refractivity contribution in [3.8, 4) is 0 Å². The third-order valence-electron chi connectivity index (χ3n) is 5.13. The Morgan fingerprint density at radius 2 is 1.86 bits per heavy atom. The molecule has 2 aliphatic heterocycles. The normalized spacial score (nSPS) is 18.4. The maximum atomic E-state index is 12.2. The number of rotatable bonds is 4. The van der Waals surface area contributed by atoms with Crippen LogP contribution in [0.2, 0.25) is 0 Å². The van der Waals surface area contributed by atoms with Gasteiger partial charge in [0.25, 0.3) is 0 Å². The number of hydrogen-bond donors (Lipinski definition) is 1. The summed E-state index contributed by atoms with van der Waals surface area (Å²) in [6.07, 6.45) is 3.87. The summed E-state index contributed by atoms with van der Waals surface area (Å²) in [5.74, 6) is 0. The fourth-order valence-corrected chi connectivity index (χ4v) is 3.90. The quantitative estimate of drug-likeness (QED) is 0.768. The van der Waals surface area contributed by atoms with E-state index in [1.54, 1.807) is 16.8 Å². The zero-order valence-electron chi connectivity index (χ0n) is 15.8. The molecule has 1 amide bonds. The third-order valence-corrected chi connectivity index (χ3v) is 5.87. The number of nitrogens with one attached hydrogen (secondary N) is 1. The molecule has 1 N–H and O–H groups in total. The lowest BCUT2D eigenvalue weighted by Gasteiger charge is -2.35. The molecule has 2 aromatic rings. The first-order valence-corrected chi connectivity index (χ1v) is 10.6. The van der Waals surface area contributed by atoms with Crippen LogP contribution in [0.5, 0.6) is 0 Å². The number of hydroxylamine groups is 2. The molecule has 2 heterocycles. The molecule has 0 aromatic heterocycles. The van der Waals surface area contributed by atoms with Crippen molar-refractivity contribution < 1.29 is 14.5 Å². The minimum Gasteiger partial charge on any atom is -0.388 e. The van der Waals surface area contributed by atoms with Gasteiger partial charge in [-0.1, -0.05) is 35.5 Å². The Morgan fingerprint density at radius 1 is 1.14 bits per heavy atom. The first-order chi connectivity index (χ1) is 13.7. The molecule has 1 spiro atoms. The molecule has 1 fully saturated rings. The average molecular weight is 398 g/mol. The molecule has 4 rings (SSSR count). The first kappa shape index (κ1) is 18.8. The van der Waals surface area contributed by atoms with Crippen molar-refractivity contribution in [3.05, 3.63) is 60.2 Å². The highest BCUT2D eigenvalue weighted by atomic mass is 32.2. The van der Waals surface area contributed by atoms with Crippen LogP contribution in [0.25, 0.3) is 0 Å². The largest absolute Gasteiger partial charge is 0.430 e. The lowest BCUT2D eigenvalue weighted by atomic mass is 9.86. The number of nitrogens with zero attached hydrogens (tertiary/aromatic N) is 2. The number of carbonyl (C=O) groups is 1. The highest BCUT2D eigenvalue weighted by Gasteiger charge is 2.43. The van der Waals surface area contributed by atoms with Gasteiger partial charge >= 0.3 is 6.09 Å². The van der Waals surface area contributed by atoms with Gasteiger partial charge in [-0.05, 0) is 36.1 Å². The van der Waals surface area contributed by atoms with Gasteiger partial charge in [0.15, 0.2) is 0 Å². The van der Waals surface area contributed by atoms with E-state index in [4.69, 9.17) is 9.68 Å². The van der Waals surface area contributed by atoms with Gasteiger partial charge in [0.05, 0.1) is 5.71 Å². The Balaban J connectivity index is 1.26. The van der Waals surface area contributed by atoms with Gasteiger partial charge in [-0.25, -0.2) is 4.79 Å². The van der Waals surface area contributed by atoms with Crippen LogP contribution in [0.3, 0.4) is 0 Å². The van der Waals surface area contributed by atoms with Crippen molar-refractivity contribution in [2.45, 2.75) is 29.8 Å². The standard InChI is InChI=1S/C21H23N3O3S/c1-28-18-9-7-17(8-10-18)22-20(25)26-24-13-11-21(12-14-24)15-19(23-27-21)16-5-3-2-4-6-16/h2-10H,11-15H2,1H3,(H,22,25). The van der Waals surface area contributed by atoms with Crippen molar-refractivity contribution in [3.63, 3.8) is 0 Å². The monoisotopic (exact) mass is 397 g/mol. The highest BCUT2D eigenvalue weighted by molar-refractivity contribution is 7.98. The molecule has 146 valence electrons. The van der Waals surface area contributed by atoms with Gasteiger partial charge in [-0.3, -0.25) is 5.32 Å². The fourth-order valence-electron chi connectivity index (χ4n) is 3.49. The van der Waals surface area contributed by atoms with Crippen LogP contribution in [0.4, 0.5) is 10.5 Å². The van der Waals surface area contributed by atoms with E-state index in [2.05, 4.69) is 22.6 Å². The van der Waals surface area contributed by atoms with Gasteiger partial charge in [-0.2, -0.15) is 0 Å². The number of oxime groups is 1. The van der Waals surface area contributed by atoms with Crippen molar-refractivity contribution in [2.75, 3.05) is 24.7 Å². The summed E-state index contributed by atoms with van der Waals surface area (Å²) < 4.78 is 0. The van der Waals surface area contributed by atoms with Gasteiger partial charge in [0, 0.05) is 42.9 Å². The van der Waals surface area contributed by atoms with E-state index in [0.29, 0.717) is 13.1 Å². The van der Waals surface area contributed by atoms with Crippen LogP contribution < -0.4 is 5.32 Å². The Labute approximate surface area is 168 Å². The van der Waals surface area contributed by atoms with Gasteiger partial charge in [0.1, 0.15) is 5.60 Å². The smallest absolute Gasteiger partial charge is 0.388 e. The van der Waals surface area contributed by atoms with Crippen LogP contribution in [-0.2, 0) is 9.68 Å². The summed E-state index contributed by atoms with van der Waals surface area (Å²) in [4.78, 5) is 24.6. The van der Waals surface area contributed by atoms with Gasteiger partial charge < -0.3 is 9.68 Å². The lowest BCUT2D eigenvalue weighted by molar-refractivity contribution is -0.154. The summed E-state index contributed by atoms with van der Waals surface area (Å²) in [6, 6.07) is 17.8. The second-order valence-electron chi connectivity index (χ2n) is 7.02. The molecule has 0 radical (unpaired) electrons. The van der Waals surface area contributed by atoms with E-state index in [1.807, 2.05) is 48.7 Å². The molecule has 1 saturated heterocycles. The zero-order chi connectivity index (χ0) is 19.4. The molecule has 6 nitrogen and oxygen atoms in total. The number of hydrogen-bond acceptors (Lipinski definition) is 6. The Bertz CT molecular complexity index is 847. The number of anilines is 1. The summed E-state index contributed by atoms with van der Waals surface area (Å²) in [7, 11) is 0. The molecule has 0 unspecified atom stereocenters. The molecule has 2 aromatic carbocycles. The van der Waals surface area contributed by atoms with Gasteiger partial charge in [0.2, 0.25) is 0 Å².